The van der Waals surface area contributed by atoms with Crippen LogP contribution in [0.2, 0.25) is 0 Å². The highest BCUT2D eigenvalue weighted by Crippen LogP contribution is 2.08. The van der Waals surface area contributed by atoms with Crippen molar-refractivity contribution in [2.75, 3.05) is 14.2 Å². The van der Waals surface area contributed by atoms with E-state index in [2.05, 4.69) is 25.4 Å². The number of rotatable bonds is 5. The molecule has 0 aromatic carbocycles. The van der Waals surface area contributed by atoms with E-state index in [4.69, 9.17) is 14.0 Å². The summed E-state index contributed by atoms with van der Waals surface area (Å²) in [4.78, 5) is 23.6. The standard InChI is InChI=1S/C11H13N5O4/c1-6-4-7(16-20-6)9(17)12-5-8-13-10(18-2)15-11(14-8)19-3/h4H,5H2,1-3H3,(H,12,17). The maximum absolute atomic E-state index is 11.8. The van der Waals surface area contributed by atoms with Crippen molar-refractivity contribution in [3.05, 3.63) is 23.3 Å². The second-order valence-electron chi connectivity index (χ2n) is 3.73. The molecule has 0 spiro atoms. The summed E-state index contributed by atoms with van der Waals surface area (Å²) in [7, 11) is 2.85. The first-order valence-corrected chi connectivity index (χ1v) is 5.67. The highest BCUT2D eigenvalue weighted by Gasteiger charge is 2.12. The van der Waals surface area contributed by atoms with Gasteiger partial charge < -0.3 is 19.3 Å². The summed E-state index contributed by atoms with van der Waals surface area (Å²) in [5.41, 5.74) is 0.190. The number of amides is 1. The average molecular weight is 279 g/mol. The van der Waals surface area contributed by atoms with E-state index in [0.29, 0.717) is 11.6 Å². The smallest absolute Gasteiger partial charge is 0.322 e. The highest BCUT2D eigenvalue weighted by molar-refractivity contribution is 5.92. The Labute approximate surface area is 114 Å². The number of aryl methyl sites for hydroxylation is 1. The molecule has 0 saturated carbocycles. The van der Waals surface area contributed by atoms with Crippen LogP contribution < -0.4 is 14.8 Å². The largest absolute Gasteiger partial charge is 0.467 e. The van der Waals surface area contributed by atoms with Crippen molar-refractivity contribution in [2.24, 2.45) is 0 Å². The van der Waals surface area contributed by atoms with E-state index in [-0.39, 0.29) is 30.2 Å². The van der Waals surface area contributed by atoms with E-state index in [1.54, 1.807) is 6.92 Å². The number of carbonyl (C=O) groups is 1. The monoisotopic (exact) mass is 279 g/mol. The molecular formula is C11H13N5O4. The van der Waals surface area contributed by atoms with Crippen molar-refractivity contribution in [2.45, 2.75) is 13.5 Å². The van der Waals surface area contributed by atoms with Crippen molar-refractivity contribution in [3.63, 3.8) is 0 Å². The number of ether oxygens (including phenoxy) is 2. The van der Waals surface area contributed by atoms with Crippen LogP contribution in [0.3, 0.4) is 0 Å². The molecule has 2 rings (SSSR count). The summed E-state index contributed by atoms with van der Waals surface area (Å²) in [5.74, 6) is 0.473. The maximum atomic E-state index is 11.8. The molecule has 1 amide bonds. The molecule has 9 nitrogen and oxygen atoms in total. The van der Waals surface area contributed by atoms with Gasteiger partial charge in [0.15, 0.2) is 11.5 Å². The Kier molecular flexibility index (Phi) is 4.08. The summed E-state index contributed by atoms with van der Waals surface area (Å²) >= 11 is 0. The third-order valence-electron chi connectivity index (χ3n) is 2.27. The zero-order valence-electron chi connectivity index (χ0n) is 11.2. The molecular weight excluding hydrogens is 266 g/mol. The Bertz CT molecular complexity index is 590. The molecule has 2 heterocycles. The number of nitrogens with one attached hydrogen (secondary N) is 1. The minimum Gasteiger partial charge on any atom is -0.467 e. The molecule has 0 unspecified atom stereocenters. The Morgan fingerprint density at radius 3 is 2.40 bits per heavy atom. The van der Waals surface area contributed by atoms with Gasteiger partial charge in [0, 0.05) is 6.07 Å². The molecule has 0 saturated heterocycles. The van der Waals surface area contributed by atoms with Gasteiger partial charge in [-0.25, -0.2) is 0 Å². The summed E-state index contributed by atoms with van der Waals surface area (Å²) in [5, 5.41) is 6.21. The van der Waals surface area contributed by atoms with Crippen LogP contribution in [0.25, 0.3) is 0 Å². The minimum absolute atomic E-state index is 0.0833. The number of hydrogen-bond donors (Lipinski definition) is 1. The van der Waals surface area contributed by atoms with Gasteiger partial charge in [0.2, 0.25) is 0 Å². The third-order valence-corrected chi connectivity index (χ3v) is 2.27. The number of methoxy groups -OCH3 is 2. The fourth-order valence-electron chi connectivity index (χ4n) is 1.36. The van der Waals surface area contributed by atoms with Crippen LogP contribution in [-0.2, 0) is 6.54 Å². The molecule has 2 aromatic rings. The molecule has 0 aliphatic heterocycles. The van der Waals surface area contributed by atoms with E-state index >= 15 is 0 Å². The summed E-state index contributed by atoms with van der Waals surface area (Å²) in [6.45, 7) is 1.78. The number of aromatic nitrogens is 4. The molecule has 1 N–H and O–H groups in total. The van der Waals surface area contributed by atoms with Crippen molar-refractivity contribution >= 4 is 5.91 Å². The zero-order valence-corrected chi connectivity index (χ0v) is 11.2. The lowest BCUT2D eigenvalue weighted by Crippen LogP contribution is -2.24. The number of nitrogens with zero attached hydrogens (tertiary/aromatic N) is 4. The van der Waals surface area contributed by atoms with Crippen LogP contribution in [0.5, 0.6) is 12.0 Å². The normalized spacial score (nSPS) is 10.2. The van der Waals surface area contributed by atoms with Crippen LogP contribution >= 0.6 is 0 Å². The van der Waals surface area contributed by atoms with Crippen LogP contribution in [0.15, 0.2) is 10.6 Å². The fraction of sp³-hybridized carbons (Fsp3) is 0.364. The lowest BCUT2D eigenvalue weighted by molar-refractivity contribution is 0.0940. The lowest BCUT2D eigenvalue weighted by Gasteiger charge is -2.05. The second kappa shape index (κ2) is 5.95. The first-order valence-electron chi connectivity index (χ1n) is 5.67. The molecule has 0 fully saturated rings. The second-order valence-corrected chi connectivity index (χ2v) is 3.73. The lowest BCUT2D eigenvalue weighted by atomic mass is 10.3. The summed E-state index contributed by atoms with van der Waals surface area (Å²) in [6.07, 6.45) is 0. The van der Waals surface area contributed by atoms with Gasteiger partial charge in [0.1, 0.15) is 5.76 Å². The van der Waals surface area contributed by atoms with Gasteiger partial charge in [0.05, 0.1) is 20.8 Å². The van der Waals surface area contributed by atoms with Crippen LogP contribution in [0, 0.1) is 6.92 Å². The van der Waals surface area contributed by atoms with Gasteiger partial charge in [-0.05, 0) is 6.92 Å². The Balaban J connectivity index is 2.05. The predicted molar refractivity (Wildman–Crippen MR) is 65.3 cm³/mol. The first-order chi connectivity index (χ1) is 9.62. The maximum Gasteiger partial charge on any atom is 0.322 e. The highest BCUT2D eigenvalue weighted by atomic mass is 16.5. The molecule has 2 aromatic heterocycles. The Morgan fingerprint density at radius 2 is 1.90 bits per heavy atom. The number of carbonyl (C=O) groups excluding carboxylic acids is 1. The molecule has 0 atom stereocenters. The zero-order chi connectivity index (χ0) is 14.5. The quantitative estimate of drug-likeness (QED) is 0.820. The summed E-state index contributed by atoms with van der Waals surface area (Å²) < 4.78 is 14.6. The van der Waals surface area contributed by atoms with Gasteiger partial charge in [-0.15, -0.1) is 4.98 Å². The van der Waals surface area contributed by atoms with E-state index in [1.807, 2.05) is 0 Å². The van der Waals surface area contributed by atoms with E-state index in [9.17, 15) is 4.79 Å². The molecule has 20 heavy (non-hydrogen) atoms. The topological polar surface area (TPSA) is 112 Å². The van der Waals surface area contributed by atoms with Gasteiger partial charge in [-0.1, -0.05) is 5.16 Å². The van der Waals surface area contributed by atoms with E-state index in [0.717, 1.165) is 0 Å². The number of hydrogen-bond acceptors (Lipinski definition) is 8. The molecule has 0 radical (unpaired) electrons. The Morgan fingerprint density at radius 1 is 1.25 bits per heavy atom. The molecule has 0 aliphatic rings. The van der Waals surface area contributed by atoms with Crippen LogP contribution in [-0.4, -0.2) is 40.2 Å². The molecule has 106 valence electrons. The van der Waals surface area contributed by atoms with Crippen molar-refractivity contribution in [1.82, 2.24) is 25.4 Å². The van der Waals surface area contributed by atoms with Crippen molar-refractivity contribution < 1.29 is 18.8 Å². The Hall–Kier alpha value is -2.71. The van der Waals surface area contributed by atoms with Gasteiger partial charge >= 0.3 is 12.0 Å². The van der Waals surface area contributed by atoms with Crippen LogP contribution in [0.4, 0.5) is 0 Å². The van der Waals surface area contributed by atoms with Crippen molar-refractivity contribution in [3.8, 4) is 12.0 Å². The average Bonchev–Trinajstić information content (AvgIpc) is 2.91. The van der Waals surface area contributed by atoms with Gasteiger partial charge in [0.25, 0.3) is 5.91 Å². The first kappa shape index (κ1) is 13.7. The van der Waals surface area contributed by atoms with Gasteiger partial charge in [-0.3, -0.25) is 4.79 Å². The molecule has 0 aliphatic carbocycles. The molecule has 9 heteroatoms. The summed E-state index contributed by atoms with van der Waals surface area (Å²) in [6, 6.07) is 1.75. The third kappa shape index (κ3) is 3.19. The fourth-order valence-corrected chi connectivity index (χ4v) is 1.36. The SMILES string of the molecule is COc1nc(CNC(=O)c2cc(C)on2)nc(OC)n1. The molecule has 0 bridgehead atoms. The minimum atomic E-state index is -0.389. The van der Waals surface area contributed by atoms with Crippen molar-refractivity contribution in [1.29, 1.82) is 0 Å². The van der Waals surface area contributed by atoms with Gasteiger partial charge in [-0.2, -0.15) is 9.97 Å². The van der Waals surface area contributed by atoms with E-state index < -0.39 is 0 Å². The van der Waals surface area contributed by atoms with E-state index in [1.165, 1.54) is 20.3 Å². The van der Waals surface area contributed by atoms with Crippen LogP contribution in [0.1, 0.15) is 22.1 Å². The predicted octanol–water partition coefficient (Wildman–Crippen LogP) is 0.115.